The Bertz CT molecular complexity index is 332. The maximum Gasteiger partial charge on any atom is 0.251 e. The van der Waals surface area contributed by atoms with Crippen LogP contribution in [0, 0.1) is 0 Å². The first-order chi connectivity index (χ1) is 9.12. The van der Waals surface area contributed by atoms with Crippen molar-refractivity contribution >= 4 is 11.8 Å². The highest BCUT2D eigenvalue weighted by molar-refractivity contribution is 5.85. The number of carbonyl (C=O) groups is 2. The maximum atomic E-state index is 11.9. The quantitative estimate of drug-likeness (QED) is 0.792. The zero-order valence-corrected chi connectivity index (χ0v) is 11.5. The molecule has 2 fully saturated rings. The lowest BCUT2D eigenvalue weighted by molar-refractivity contribution is -0.139. The van der Waals surface area contributed by atoms with Gasteiger partial charge in [0, 0.05) is 26.1 Å². The summed E-state index contributed by atoms with van der Waals surface area (Å²) in [6.45, 7) is 2.02. The van der Waals surface area contributed by atoms with E-state index in [1.54, 1.807) is 0 Å². The smallest absolute Gasteiger partial charge is 0.251 e. The van der Waals surface area contributed by atoms with Crippen LogP contribution in [0.3, 0.4) is 0 Å². The SMILES string of the molecule is O=C(CCNC(=O)C1(O)CCCC1)N1CCCCC1. The number of likely N-dealkylation sites (tertiary alicyclic amines) is 1. The number of amides is 2. The van der Waals surface area contributed by atoms with Gasteiger partial charge in [-0.25, -0.2) is 0 Å². The van der Waals surface area contributed by atoms with Crippen molar-refractivity contribution in [3.8, 4) is 0 Å². The largest absolute Gasteiger partial charge is 0.380 e. The molecule has 0 aromatic rings. The lowest BCUT2D eigenvalue weighted by atomic mass is 10.0. The van der Waals surface area contributed by atoms with Gasteiger partial charge in [-0.05, 0) is 44.9 Å². The topological polar surface area (TPSA) is 69.6 Å². The Hall–Kier alpha value is -1.10. The average molecular weight is 268 g/mol. The van der Waals surface area contributed by atoms with Gasteiger partial charge in [0.25, 0.3) is 5.91 Å². The van der Waals surface area contributed by atoms with E-state index in [1.165, 1.54) is 6.42 Å². The molecule has 1 aliphatic carbocycles. The van der Waals surface area contributed by atoms with Crippen LogP contribution in [0.25, 0.3) is 0 Å². The number of carbonyl (C=O) groups excluding carboxylic acids is 2. The van der Waals surface area contributed by atoms with Crippen molar-refractivity contribution < 1.29 is 14.7 Å². The Kier molecular flexibility index (Phi) is 4.80. The van der Waals surface area contributed by atoms with Crippen molar-refractivity contribution in [3.63, 3.8) is 0 Å². The van der Waals surface area contributed by atoms with Crippen LogP contribution in [0.1, 0.15) is 51.4 Å². The standard InChI is InChI=1S/C14H24N2O3/c17-12(16-10-4-1-5-11-16)6-9-15-13(18)14(19)7-2-3-8-14/h19H,1-11H2,(H,15,18). The lowest BCUT2D eigenvalue weighted by Gasteiger charge is -2.27. The van der Waals surface area contributed by atoms with Crippen LogP contribution in [0.2, 0.25) is 0 Å². The highest BCUT2D eigenvalue weighted by atomic mass is 16.3. The van der Waals surface area contributed by atoms with Crippen molar-refractivity contribution in [2.45, 2.75) is 57.0 Å². The van der Waals surface area contributed by atoms with E-state index in [2.05, 4.69) is 5.32 Å². The third-order valence-electron chi connectivity index (χ3n) is 4.19. The summed E-state index contributed by atoms with van der Waals surface area (Å²) in [7, 11) is 0. The molecule has 1 saturated heterocycles. The molecule has 0 bridgehead atoms. The van der Waals surface area contributed by atoms with Gasteiger partial charge in [-0.15, -0.1) is 0 Å². The zero-order valence-electron chi connectivity index (χ0n) is 11.5. The Morgan fingerprint density at radius 1 is 1.05 bits per heavy atom. The fraction of sp³-hybridized carbons (Fsp3) is 0.857. The van der Waals surface area contributed by atoms with Gasteiger partial charge in [-0.2, -0.15) is 0 Å². The van der Waals surface area contributed by atoms with Crippen LogP contribution in [0.4, 0.5) is 0 Å². The fourth-order valence-corrected chi connectivity index (χ4v) is 2.94. The van der Waals surface area contributed by atoms with Crippen LogP contribution in [-0.2, 0) is 9.59 Å². The summed E-state index contributed by atoms with van der Waals surface area (Å²) in [5.74, 6) is -0.199. The minimum absolute atomic E-state index is 0.110. The van der Waals surface area contributed by atoms with Crippen molar-refractivity contribution in [2.24, 2.45) is 0 Å². The number of aliphatic hydroxyl groups is 1. The summed E-state index contributed by atoms with van der Waals surface area (Å²) in [6, 6.07) is 0. The second-order valence-electron chi connectivity index (χ2n) is 5.69. The van der Waals surface area contributed by atoms with Crippen LogP contribution >= 0.6 is 0 Å². The first-order valence-electron chi connectivity index (χ1n) is 7.40. The van der Waals surface area contributed by atoms with Crippen LogP contribution in [0.15, 0.2) is 0 Å². The molecule has 5 nitrogen and oxygen atoms in total. The van der Waals surface area contributed by atoms with Gasteiger partial charge >= 0.3 is 0 Å². The Labute approximate surface area is 114 Å². The summed E-state index contributed by atoms with van der Waals surface area (Å²) < 4.78 is 0. The molecule has 5 heteroatoms. The van der Waals surface area contributed by atoms with Gasteiger partial charge in [-0.3, -0.25) is 9.59 Å². The van der Waals surface area contributed by atoms with Crippen LogP contribution in [-0.4, -0.2) is 47.1 Å². The minimum atomic E-state index is -1.19. The molecule has 2 amide bonds. The van der Waals surface area contributed by atoms with Crippen molar-refractivity contribution in [1.29, 1.82) is 0 Å². The van der Waals surface area contributed by atoms with Gasteiger partial charge in [-0.1, -0.05) is 0 Å². The van der Waals surface area contributed by atoms with E-state index in [4.69, 9.17) is 0 Å². The zero-order chi connectivity index (χ0) is 13.7. The van der Waals surface area contributed by atoms with Crippen LogP contribution < -0.4 is 5.32 Å². The third-order valence-corrected chi connectivity index (χ3v) is 4.19. The highest BCUT2D eigenvalue weighted by Crippen LogP contribution is 2.29. The summed E-state index contributed by atoms with van der Waals surface area (Å²) in [5.41, 5.74) is -1.19. The first-order valence-corrected chi connectivity index (χ1v) is 7.40. The van der Waals surface area contributed by atoms with E-state index < -0.39 is 5.60 Å². The van der Waals surface area contributed by atoms with E-state index in [-0.39, 0.29) is 11.8 Å². The first kappa shape index (κ1) is 14.3. The van der Waals surface area contributed by atoms with Gasteiger partial charge in [0.05, 0.1) is 0 Å². The van der Waals surface area contributed by atoms with E-state index in [1.807, 2.05) is 4.90 Å². The second-order valence-corrected chi connectivity index (χ2v) is 5.69. The monoisotopic (exact) mass is 268 g/mol. The van der Waals surface area contributed by atoms with E-state index in [0.29, 0.717) is 25.8 Å². The second kappa shape index (κ2) is 6.37. The molecule has 0 aromatic heterocycles. The highest BCUT2D eigenvalue weighted by Gasteiger charge is 2.38. The molecule has 0 radical (unpaired) electrons. The molecule has 0 aromatic carbocycles. The summed E-state index contributed by atoms with van der Waals surface area (Å²) in [4.78, 5) is 25.6. The number of hydrogen-bond acceptors (Lipinski definition) is 3. The Balaban J connectivity index is 1.68. The summed E-state index contributed by atoms with van der Waals surface area (Å²) >= 11 is 0. The molecular weight excluding hydrogens is 244 g/mol. The molecule has 2 aliphatic rings. The molecule has 0 atom stereocenters. The minimum Gasteiger partial charge on any atom is -0.380 e. The average Bonchev–Trinajstić information content (AvgIpc) is 2.88. The lowest BCUT2D eigenvalue weighted by Crippen LogP contribution is -2.46. The summed E-state index contributed by atoms with van der Waals surface area (Å²) in [5, 5.41) is 12.8. The molecule has 0 unspecified atom stereocenters. The molecule has 2 rings (SSSR count). The molecule has 1 aliphatic heterocycles. The number of rotatable bonds is 4. The molecule has 108 valence electrons. The maximum absolute atomic E-state index is 11.9. The Morgan fingerprint density at radius 3 is 2.32 bits per heavy atom. The number of nitrogens with zero attached hydrogens (tertiary/aromatic N) is 1. The summed E-state index contributed by atoms with van der Waals surface area (Å²) in [6.07, 6.45) is 6.58. The van der Waals surface area contributed by atoms with Gasteiger partial charge < -0.3 is 15.3 Å². The normalized spacial score (nSPS) is 22.3. The predicted octanol–water partition coefficient (Wildman–Crippen LogP) is 0.810. The number of nitrogens with one attached hydrogen (secondary N) is 1. The number of piperidine rings is 1. The van der Waals surface area contributed by atoms with Gasteiger partial charge in [0.1, 0.15) is 5.60 Å². The van der Waals surface area contributed by atoms with E-state index in [9.17, 15) is 14.7 Å². The van der Waals surface area contributed by atoms with Gasteiger partial charge in [0.15, 0.2) is 0 Å². The van der Waals surface area contributed by atoms with Crippen molar-refractivity contribution in [1.82, 2.24) is 10.2 Å². The third kappa shape index (κ3) is 3.69. The molecule has 1 saturated carbocycles. The number of hydrogen-bond donors (Lipinski definition) is 2. The predicted molar refractivity (Wildman–Crippen MR) is 71.5 cm³/mol. The molecular formula is C14H24N2O3. The van der Waals surface area contributed by atoms with Crippen molar-refractivity contribution in [2.75, 3.05) is 19.6 Å². The van der Waals surface area contributed by atoms with Gasteiger partial charge in [0.2, 0.25) is 5.91 Å². The van der Waals surface area contributed by atoms with E-state index in [0.717, 1.165) is 38.8 Å². The van der Waals surface area contributed by atoms with Crippen LogP contribution in [0.5, 0.6) is 0 Å². The fourth-order valence-electron chi connectivity index (χ4n) is 2.94. The molecule has 2 N–H and O–H groups in total. The van der Waals surface area contributed by atoms with Crippen molar-refractivity contribution in [3.05, 3.63) is 0 Å². The molecule has 19 heavy (non-hydrogen) atoms. The Morgan fingerprint density at radius 2 is 1.68 bits per heavy atom. The van der Waals surface area contributed by atoms with E-state index >= 15 is 0 Å². The molecule has 0 spiro atoms. The molecule has 1 heterocycles.